The molecule has 2 atom stereocenters. The third-order valence-corrected chi connectivity index (χ3v) is 2.49. The number of hydrogen-bond acceptors (Lipinski definition) is 2. The largest absolute Gasteiger partial charge is 0.229 e. The molecule has 0 spiro atoms. The van der Waals surface area contributed by atoms with E-state index < -0.39 is 0 Å². The highest BCUT2D eigenvalue weighted by Gasteiger charge is 2.50. The van der Waals surface area contributed by atoms with E-state index in [1.54, 1.807) is 0 Å². The third-order valence-electron chi connectivity index (χ3n) is 2.49. The molecule has 2 aliphatic rings. The van der Waals surface area contributed by atoms with Gasteiger partial charge in [-0.05, 0) is 19.3 Å². The van der Waals surface area contributed by atoms with Crippen LogP contribution < -0.4 is 0 Å². The molecule has 1 aliphatic carbocycles. The van der Waals surface area contributed by atoms with E-state index in [9.17, 15) is 0 Å². The van der Waals surface area contributed by atoms with Crippen molar-refractivity contribution in [3.8, 4) is 0 Å². The highest BCUT2D eigenvalue weighted by molar-refractivity contribution is 5.07. The molecule has 0 radical (unpaired) electrons. The molecular formula is C8H12O2. The molecule has 2 fully saturated rings. The third kappa shape index (κ3) is 0.662. The Hall–Kier alpha value is -0.340. The summed E-state index contributed by atoms with van der Waals surface area (Å²) in [5.41, 5.74) is -0.0990. The first-order valence-corrected chi connectivity index (χ1v) is 3.85. The second kappa shape index (κ2) is 2.07. The summed E-state index contributed by atoms with van der Waals surface area (Å²) < 4.78 is 0. The highest BCUT2D eigenvalue weighted by Crippen LogP contribution is 2.42. The van der Waals surface area contributed by atoms with E-state index in [1.807, 2.05) is 6.08 Å². The molecule has 0 aromatic carbocycles. The summed E-state index contributed by atoms with van der Waals surface area (Å²) in [4.78, 5) is 10.0. The smallest absolute Gasteiger partial charge is 0.150 e. The summed E-state index contributed by atoms with van der Waals surface area (Å²) >= 11 is 0. The minimum Gasteiger partial charge on any atom is -0.229 e. The first kappa shape index (κ1) is 6.38. The van der Waals surface area contributed by atoms with Gasteiger partial charge in [-0.3, -0.25) is 0 Å². The van der Waals surface area contributed by atoms with Gasteiger partial charge in [-0.15, -0.1) is 6.58 Å². The normalized spacial score (nSPS) is 45.4. The molecule has 0 bridgehead atoms. The average molecular weight is 140 g/mol. The van der Waals surface area contributed by atoms with E-state index in [-0.39, 0.29) is 5.60 Å². The topological polar surface area (TPSA) is 18.5 Å². The minimum atomic E-state index is -0.0990. The maximum atomic E-state index is 5.05. The van der Waals surface area contributed by atoms with Crippen LogP contribution in [-0.4, -0.2) is 11.7 Å². The van der Waals surface area contributed by atoms with Crippen LogP contribution in [-0.2, 0) is 9.78 Å². The Labute approximate surface area is 60.7 Å². The molecule has 0 aromatic heterocycles. The number of fused-ring (bicyclic) bond motifs is 1. The molecule has 0 aromatic rings. The molecule has 1 saturated carbocycles. The summed E-state index contributed by atoms with van der Waals surface area (Å²) in [5, 5.41) is 0. The van der Waals surface area contributed by atoms with E-state index >= 15 is 0 Å². The van der Waals surface area contributed by atoms with Crippen molar-refractivity contribution in [3.05, 3.63) is 12.7 Å². The zero-order valence-electron chi connectivity index (χ0n) is 6.01. The lowest BCUT2D eigenvalue weighted by Gasteiger charge is -2.47. The van der Waals surface area contributed by atoms with Crippen LogP contribution in [0.5, 0.6) is 0 Å². The van der Waals surface area contributed by atoms with Gasteiger partial charge in [0, 0.05) is 0 Å². The molecule has 0 amide bonds. The first-order chi connectivity index (χ1) is 4.87. The Morgan fingerprint density at radius 3 is 2.80 bits per heavy atom. The fraction of sp³-hybridized carbons (Fsp3) is 0.750. The van der Waals surface area contributed by atoms with Gasteiger partial charge < -0.3 is 0 Å². The Morgan fingerprint density at radius 2 is 2.40 bits per heavy atom. The van der Waals surface area contributed by atoms with Crippen molar-refractivity contribution in [2.75, 3.05) is 0 Å². The van der Waals surface area contributed by atoms with Crippen LogP contribution in [0.3, 0.4) is 0 Å². The maximum Gasteiger partial charge on any atom is 0.150 e. The summed E-state index contributed by atoms with van der Waals surface area (Å²) in [5.74, 6) is 0. The molecule has 2 rings (SSSR count). The molecule has 1 heterocycles. The van der Waals surface area contributed by atoms with Crippen molar-refractivity contribution in [2.45, 2.75) is 37.4 Å². The lowest BCUT2D eigenvalue weighted by atomic mass is 9.81. The quantitative estimate of drug-likeness (QED) is 0.408. The number of hydrogen-bond donors (Lipinski definition) is 0. The van der Waals surface area contributed by atoms with Crippen LogP contribution in [0.4, 0.5) is 0 Å². The van der Waals surface area contributed by atoms with E-state index in [4.69, 9.17) is 9.78 Å². The van der Waals surface area contributed by atoms with Gasteiger partial charge in [-0.2, -0.15) is 0 Å². The van der Waals surface area contributed by atoms with Crippen molar-refractivity contribution < 1.29 is 9.78 Å². The Bertz CT molecular complexity index is 155. The minimum absolute atomic E-state index is 0.0990. The lowest BCUT2D eigenvalue weighted by molar-refractivity contribution is -0.502. The van der Waals surface area contributed by atoms with Crippen LogP contribution in [0, 0.1) is 0 Å². The summed E-state index contributed by atoms with van der Waals surface area (Å²) in [6, 6.07) is 0. The molecule has 1 saturated heterocycles. The van der Waals surface area contributed by atoms with Gasteiger partial charge in [0.05, 0.1) is 0 Å². The van der Waals surface area contributed by atoms with Crippen molar-refractivity contribution >= 4 is 0 Å². The second-order valence-corrected chi connectivity index (χ2v) is 3.07. The maximum absolute atomic E-state index is 5.05. The molecule has 2 unspecified atom stereocenters. The van der Waals surface area contributed by atoms with E-state index in [1.165, 1.54) is 12.8 Å². The fourth-order valence-electron chi connectivity index (χ4n) is 1.73. The monoisotopic (exact) mass is 140 g/mol. The zero-order chi connectivity index (χ0) is 7.03. The first-order valence-electron chi connectivity index (χ1n) is 3.85. The molecule has 2 nitrogen and oxygen atoms in total. The molecular weight excluding hydrogens is 128 g/mol. The molecule has 0 N–H and O–H groups in total. The van der Waals surface area contributed by atoms with Crippen molar-refractivity contribution in [2.24, 2.45) is 0 Å². The Kier molecular flexibility index (Phi) is 1.32. The number of rotatable bonds is 1. The SMILES string of the molecule is C=CC12CCCCC1OO2. The van der Waals surface area contributed by atoms with Crippen molar-refractivity contribution in [1.29, 1.82) is 0 Å². The highest BCUT2D eigenvalue weighted by atomic mass is 17.3. The van der Waals surface area contributed by atoms with Crippen LogP contribution >= 0.6 is 0 Å². The van der Waals surface area contributed by atoms with Crippen molar-refractivity contribution in [1.82, 2.24) is 0 Å². The van der Waals surface area contributed by atoms with Crippen LogP contribution in [0.2, 0.25) is 0 Å². The van der Waals surface area contributed by atoms with Crippen molar-refractivity contribution in [3.63, 3.8) is 0 Å². The van der Waals surface area contributed by atoms with Gasteiger partial charge in [-0.1, -0.05) is 12.5 Å². The van der Waals surface area contributed by atoms with Gasteiger partial charge in [0.2, 0.25) is 0 Å². The zero-order valence-corrected chi connectivity index (χ0v) is 6.01. The van der Waals surface area contributed by atoms with Gasteiger partial charge in [0.25, 0.3) is 0 Å². The van der Waals surface area contributed by atoms with E-state index in [2.05, 4.69) is 6.58 Å². The lowest BCUT2D eigenvalue weighted by Crippen LogP contribution is -2.56. The van der Waals surface area contributed by atoms with E-state index in [0.717, 1.165) is 12.8 Å². The standard InChI is InChI=1S/C8H12O2/c1-2-8-6-4-3-5-7(8)9-10-8/h2,7H,1,3-6H2. The summed E-state index contributed by atoms with van der Waals surface area (Å²) in [6.07, 6.45) is 6.92. The Balaban J connectivity index is 2.11. The molecule has 1 aliphatic heterocycles. The molecule has 10 heavy (non-hydrogen) atoms. The summed E-state index contributed by atoms with van der Waals surface area (Å²) in [6.45, 7) is 3.75. The van der Waals surface area contributed by atoms with Gasteiger partial charge in [-0.25, -0.2) is 9.78 Å². The van der Waals surface area contributed by atoms with Gasteiger partial charge >= 0.3 is 0 Å². The second-order valence-electron chi connectivity index (χ2n) is 3.07. The fourth-order valence-corrected chi connectivity index (χ4v) is 1.73. The van der Waals surface area contributed by atoms with Crippen LogP contribution in [0.1, 0.15) is 25.7 Å². The van der Waals surface area contributed by atoms with Gasteiger partial charge in [0.15, 0.2) is 5.60 Å². The van der Waals surface area contributed by atoms with Crippen LogP contribution in [0.25, 0.3) is 0 Å². The molecule has 56 valence electrons. The van der Waals surface area contributed by atoms with E-state index in [0.29, 0.717) is 6.10 Å². The Morgan fingerprint density at radius 1 is 1.50 bits per heavy atom. The predicted octanol–water partition coefficient (Wildman–Crippen LogP) is 1.82. The predicted molar refractivity (Wildman–Crippen MR) is 37.4 cm³/mol. The van der Waals surface area contributed by atoms with Gasteiger partial charge in [0.1, 0.15) is 6.10 Å². The molecule has 2 heteroatoms. The van der Waals surface area contributed by atoms with Crippen LogP contribution in [0.15, 0.2) is 12.7 Å². The summed E-state index contributed by atoms with van der Waals surface area (Å²) in [7, 11) is 0. The average Bonchev–Trinajstić information content (AvgIpc) is 1.93.